The third kappa shape index (κ3) is 5.62. The van der Waals surface area contributed by atoms with E-state index in [0.717, 1.165) is 85.2 Å². The van der Waals surface area contributed by atoms with Crippen LogP contribution < -0.4 is 19.4 Å². The molecule has 2 aromatic heterocycles. The van der Waals surface area contributed by atoms with E-state index in [9.17, 15) is 4.79 Å². The van der Waals surface area contributed by atoms with Crippen molar-refractivity contribution in [3.63, 3.8) is 0 Å². The topological polar surface area (TPSA) is 80.7 Å². The van der Waals surface area contributed by atoms with Gasteiger partial charge in [0.05, 0.1) is 5.69 Å². The molecule has 0 atom stereocenters. The highest BCUT2D eigenvalue weighted by Crippen LogP contribution is 2.29. The number of nitrogens with zero attached hydrogens (tertiary/aromatic N) is 7. The van der Waals surface area contributed by atoms with Gasteiger partial charge in [0.1, 0.15) is 11.6 Å². The van der Waals surface area contributed by atoms with Crippen molar-refractivity contribution in [3.05, 3.63) is 41.8 Å². The van der Waals surface area contributed by atoms with Crippen LogP contribution in [0, 0.1) is 0 Å². The van der Waals surface area contributed by atoms with E-state index in [2.05, 4.69) is 30.5 Å². The Morgan fingerprint density at radius 2 is 1.41 bits per heavy atom. The second-order valence-electron chi connectivity index (χ2n) is 9.62. The fourth-order valence-corrected chi connectivity index (χ4v) is 6.48. The molecule has 3 aromatic rings. The molecule has 0 unspecified atom stereocenters. The molecule has 5 heterocycles. The molecule has 3 aliphatic heterocycles. The lowest BCUT2D eigenvalue weighted by atomic mass is 10.2. The minimum atomic E-state index is 0.0225. The van der Waals surface area contributed by atoms with Gasteiger partial charge >= 0.3 is 5.24 Å². The SMILES string of the molecule is O=C(SNc1nc(-c2ccccc2)cs1)N1CCN(c2cc(N3CCCC3)nc(N3CCCC3)n2)CC1. The largest absolute Gasteiger partial charge is 0.356 e. The molecule has 11 heteroatoms. The quantitative estimate of drug-likeness (QED) is 0.447. The van der Waals surface area contributed by atoms with Gasteiger partial charge in [0.15, 0.2) is 5.13 Å². The van der Waals surface area contributed by atoms with Crippen LogP contribution in [0.15, 0.2) is 41.8 Å². The summed E-state index contributed by atoms with van der Waals surface area (Å²) in [6, 6.07) is 12.2. The van der Waals surface area contributed by atoms with Crippen molar-refractivity contribution in [2.45, 2.75) is 25.7 Å². The number of rotatable bonds is 6. The minimum Gasteiger partial charge on any atom is -0.356 e. The summed E-state index contributed by atoms with van der Waals surface area (Å²) in [6.07, 6.45) is 4.85. The zero-order valence-corrected chi connectivity index (χ0v) is 22.5. The lowest BCUT2D eigenvalue weighted by molar-refractivity contribution is 0.219. The first kappa shape index (κ1) is 24.3. The summed E-state index contributed by atoms with van der Waals surface area (Å²) < 4.78 is 3.14. The van der Waals surface area contributed by atoms with Crippen LogP contribution in [0.1, 0.15) is 25.7 Å². The Kier molecular flexibility index (Phi) is 7.31. The maximum atomic E-state index is 12.9. The molecule has 1 amide bonds. The van der Waals surface area contributed by atoms with Gasteiger partial charge in [-0.15, -0.1) is 11.3 Å². The first-order valence-electron chi connectivity index (χ1n) is 13.1. The molecule has 3 aliphatic rings. The smallest absolute Gasteiger partial charge is 0.302 e. The molecule has 9 nitrogen and oxygen atoms in total. The van der Waals surface area contributed by atoms with Gasteiger partial charge in [0.25, 0.3) is 0 Å². The Labute approximate surface area is 226 Å². The molecule has 0 bridgehead atoms. The molecule has 37 heavy (non-hydrogen) atoms. The summed E-state index contributed by atoms with van der Waals surface area (Å²) in [5.41, 5.74) is 1.99. The van der Waals surface area contributed by atoms with Crippen LogP contribution in [0.5, 0.6) is 0 Å². The second kappa shape index (κ2) is 11.1. The number of anilines is 4. The Balaban J connectivity index is 1.06. The van der Waals surface area contributed by atoms with Crippen LogP contribution in [0.3, 0.4) is 0 Å². The normalized spacial score (nSPS) is 18.1. The Morgan fingerprint density at radius 3 is 2.08 bits per heavy atom. The fourth-order valence-electron chi connectivity index (χ4n) is 5.07. The van der Waals surface area contributed by atoms with E-state index in [-0.39, 0.29) is 5.24 Å². The molecule has 0 radical (unpaired) electrons. The number of hydrogen-bond acceptors (Lipinski definition) is 10. The average Bonchev–Trinajstić information content (AvgIpc) is 3.75. The van der Waals surface area contributed by atoms with Crippen molar-refractivity contribution in [3.8, 4) is 11.3 Å². The molecule has 194 valence electrons. The van der Waals surface area contributed by atoms with Gasteiger partial charge in [-0.1, -0.05) is 30.3 Å². The van der Waals surface area contributed by atoms with Crippen LogP contribution in [0.2, 0.25) is 0 Å². The van der Waals surface area contributed by atoms with Gasteiger partial charge in [0, 0.05) is 81.3 Å². The zero-order valence-electron chi connectivity index (χ0n) is 20.9. The van der Waals surface area contributed by atoms with Gasteiger partial charge in [0.2, 0.25) is 5.95 Å². The average molecular weight is 537 g/mol. The molecular formula is C26H32N8OS2. The molecule has 3 fully saturated rings. The third-order valence-corrected chi connectivity index (χ3v) is 8.78. The van der Waals surface area contributed by atoms with Gasteiger partial charge < -0.3 is 19.6 Å². The molecule has 1 N–H and O–H groups in total. The van der Waals surface area contributed by atoms with E-state index in [1.54, 1.807) is 0 Å². The molecule has 6 rings (SSSR count). The fraction of sp³-hybridized carbons (Fsp3) is 0.462. The monoisotopic (exact) mass is 536 g/mol. The van der Waals surface area contributed by atoms with E-state index in [1.165, 1.54) is 37.0 Å². The van der Waals surface area contributed by atoms with Crippen molar-refractivity contribution < 1.29 is 4.79 Å². The maximum Gasteiger partial charge on any atom is 0.302 e. The summed E-state index contributed by atoms with van der Waals surface area (Å²) in [7, 11) is 0. The number of benzene rings is 1. The number of thiazole rings is 1. The number of carbonyl (C=O) groups excluding carboxylic acids is 1. The van der Waals surface area contributed by atoms with Crippen LogP contribution in [-0.2, 0) is 0 Å². The summed E-state index contributed by atoms with van der Waals surface area (Å²) in [6.45, 7) is 7.05. The van der Waals surface area contributed by atoms with E-state index in [4.69, 9.17) is 9.97 Å². The number of aromatic nitrogens is 3. The number of nitrogens with one attached hydrogen (secondary N) is 1. The van der Waals surface area contributed by atoms with E-state index in [0.29, 0.717) is 13.1 Å². The van der Waals surface area contributed by atoms with Gasteiger partial charge in [-0.2, -0.15) is 9.97 Å². The van der Waals surface area contributed by atoms with E-state index < -0.39 is 0 Å². The van der Waals surface area contributed by atoms with Crippen LogP contribution in [0.25, 0.3) is 11.3 Å². The van der Waals surface area contributed by atoms with Gasteiger partial charge in [-0.3, -0.25) is 9.52 Å². The van der Waals surface area contributed by atoms with E-state index >= 15 is 0 Å². The van der Waals surface area contributed by atoms with Gasteiger partial charge in [-0.05, 0) is 25.7 Å². The molecule has 0 saturated carbocycles. The summed E-state index contributed by atoms with van der Waals surface area (Å²) in [5.74, 6) is 2.88. The highest BCUT2D eigenvalue weighted by molar-refractivity contribution is 8.14. The van der Waals surface area contributed by atoms with Crippen LogP contribution >= 0.6 is 23.3 Å². The van der Waals surface area contributed by atoms with Gasteiger partial charge in [-0.25, -0.2) is 4.98 Å². The van der Waals surface area contributed by atoms with Crippen molar-refractivity contribution in [1.82, 2.24) is 19.9 Å². The second-order valence-corrected chi connectivity index (χ2v) is 11.2. The summed E-state index contributed by atoms with van der Waals surface area (Å²) >= 11 is 2.62. The minimum absolute atomic E-state index is 0.0225. The highest BCUT2D eigenvalue weighted by Gasteiger charge is 2.26. The number of amides is 1. The molecule has 3 saturated heterocycles. The standard InChI is InChI=1S/C26H32N8OS2/c35-26(37-30-25-27-21(19-36-25)20-8-2-1-3-9-20)34-16-14-32(15-17-34)23-18-22(31-10-4-5-11-31)28-24(29-23)33-12-6-7-13-33/h1-3,8-9,18-19H,4-7,10-17H2,(H,27,30). The van der Waals surface area contributed by atoms with Crippen LogP contribution in [-0.4, -0.2) is 77.4 Å². The molecular weight excluding hydrogens is 504 g/mol. The third-order valence-electron chi connectivity index (χ3n) is 7.17. The highest BCUT2D eigenvalue weighted by atomic mass is 32.2. The Hall–Kier alpha value is -3.05. The Morgan fingerprint density at radius 1 is 0.784 bits per heavy atom. The first-order chi connectivity index (χ1) is 18.2. The van der Waals surface area contributed by atoms with Crippen LogP contribution in [0.4, 0.5) is 27.5 Å². The molecule has 0 spiro atoms. The van der Waals surface area contributed by atoms with Crippen molar-refractivity contribution in [2.24, 2.45) is 0 Å². The molecule has 0 aliphatic carbocycles. The molecule has 1 aromatic carbocycles. The lowest BCUT2D eigenvalue weighted by Gasteiger charge is -2.35. The predicted octanol–water partition coefficient (Wildman–Crippen LogP) is 4.80. The summed E-state index contributed by atoms with van der Waals surface area (Å²) in [4.78, 5) is 36.3. The van der Waals surface area contributed by atoms with Crippen molar-refractivity contribution >= 4 is 51.2 Å². The van der Waals surface area contributed by atoms with E-state index in [1.807, 2.05) is 40.6 Å². The zero-order chi connectivity index (χ0) is 25.0. The number of hydrogen-bond donors (Lipinski definition) is 1. The predicted molar refractivity (Wildman–Crippen MR) is 153 cm³/mol. The summed E-state index contributed by atoms with van der Waals surface area (Å²) in [5, 5.41) is 2.77. The van der Waals surface area contributed by atoms with Crippen molar-refractivity contribution in [2.75, 3.05) is 71.8 Å². The number of carbonyl (C=O) groups is 1. The Bertz CT molecular complexity index is 1170. The maximum absolute atomic E-state index is 12.9. The van der Waals surface area contributed by atoms with Crippen molar-refractivity contribution in [1.29, 1.82) is 0 Å². The first-order valence-corrected chi connectivity index (χ1v) is 14.8. The number of piperazine rings is 1. The lowest BCUT2D eigenvalue weighted by Crippen LogP contribution is -2.48.